The minimum Gasteiger partial charge on any atom is -0.464 e. The number of alkyl halides is 1. The molecule has 8 heteroatoms. The van der Waals surface area contributed by atoms with Crippen molar-refractivity contribution >= 4 is 29.6 Å². The molecular formula is C21H39ClN2O5. The van der Waals surface area contributed by atoms with Gasteiger partial charge in [0.15, 0.2) is 0 Å². The average molecular weight is 435 g/mol. The predicted molar refractivity (Wildman–Crippen MR) is 115 cm³/mol. The molecule has 0 rings (SSSR count). The van der Waals surface area contributed by atoms with Crippen molar-refractivity contribution in [3.05, 3.63) is 0 Å². The van der Waals surface area contributed by atoms with E-state index in [9.17, 15) is 14.4 Å². The zero-order valence-electron chi connectivity index (χ0n) is 19.1. The third-order valence-corrected chi connectivity index (χ3v) is 4.72. The monoisotopic (exact) mass is 434 g/mol. The first-order valence-corrected chi connectivity index (χ1v) is 11.0. The van der Waals surface area contributed by atoms with Gasteiger partial charge in [0.2, 0.25) is 5.91 Å². The normalized spacial score (nSPS) is 13.2. The summed E-state index contributed by atoms with van der Waals surface area (Å²) in [5, 5.41) is 0. The number of ether oxygens (including phenoxy) is 2. The molecule has 0 saturated carbocycles. The van der Waals surface area contributed by atoms with Gasteiger partial charge in [-0.05, 0) is 31.1 Å². The summed E-state index contributed by atoms with van der Waals surface area (Å²) in [4.78, 5) is 41.0. The lowest BCUT2D eigenvalue weighted by Gasteiger charge is -2.34. The van der Waals surface area contributed by atoms with Gasteiger partial charge in [0.1, 0.15) is 18.7 Å². The van der Waals surface area contributed by atoms with Crippen LogP contribution in [0.2, 0.25) is 0 Å². The van der Waals surface area contributed by atoms with Gasteiger partial charge in [-0.3, -0.25) is 9.69 Å². The Kier molecular flexibility index (Phi) is 13.7. The van der Waals surface area contributed by atoms with Crippen LogP contribution in [0, 0.1) is 11.8 Å². The highest BCUT2D eigenvalue weighted by Gasteiger charge is 2.36. The van der Waals surface area contributed by atoms with Gasteiger partial charge in [0.05, 0.1) is 12.5 Å². The molecule has 0 aromatic carbocycles. The van der Waals surface area contributed by atoms with Gasteiger partial charge in [-0.2, -0.15) is 0 Å². The SMILES string of the molecule is CCCCOC(=O)C(CC(C)C)N(C)C(=O)C(CC(C)C)N(C)C(=O)OCCCl. The van der Waals surface area contributed by atoms with E-state index >= 15 is 0 Å². The van der Waals surface area contributed by atoms with Crippen LogP contribution in [0.4, 0.5) is 4.79 Å². The molecule has 29 heavy (non-hydrogen) atoms. The second-order valence-electron chi connectivity index (χ2n) is 8.18. The Balaban J connectivity index is 5.50. The van der Waals surface area contributed by atoms with Crippen LogP contribution in [0.25, 0.3) is 0 Å². The highest BCUT2D eigenvalue weighted by atomic mass is 35.5. The molecule has 2 unspecified atom stereocenters. The number of hydrogen-bond donors (Lipinski definition) is 0. The van der Waals surface area contributed by atoms with Crippen LogP contribution in [-0.4, -0.2) is 73.0 Å². The molecule has 0 saturated heterocycles. The fourth-order valence-corrected chi connectivity index (χ4v) is 2.96. The van der Waals surface area contributed by atoms with Crippen LogP contribution in [0.5, 0.6) is 0 Å². The van der Waals surface area contributed by atoms with Gasteiger partial charge in [-0.15, -0.1) is 11.6 Å². The van der Waals surface area contributed by atoms with Crippen LogP contribution in [0.3, 0.4) is 0 Å². The van der Waals surface area contributed by atoms with Gasteiger partial charge in [0.25, 0.3) is 0 Å². The lowest BCUT2D eigenvalue weighted by Crippen LogP contribution is -2.53. The maximum atomic E-state index is 13.3. The summed E-state index contributed by atoms with van der Waals surface area (Å²) in [6, 6.07) is -1.43. The molecule has 7 nitrogen and oxygen atoms in total. The lowest BCUT2D eigenvalue weighted by molar-refractivity contribution is -0.156. The van der Waals surface area contributed by atoms with E-state index in [2.05, 4.69) is 0 Å². The van der Waals surface area contributed by atoms with Crippen LogP contribution in [-0.2, 0) is 19.1 Å². The van der Waals surface area contributed by atoms with Gasteiger partial charge >= 0.3 is 12.1 Å². The van der Waals surface area contributed by atoms with E-state index in [-0.39, 0.29) is 30.2 Å². The molecule has 2 amide bonds. The summed E-state index contributed by atoms with van der Waals surface area (Å²) in [7, 11) is 3.13. The molecule has 0 aromatic rings. The molecule has 0 aliphatic carbocycles. The number of unbranched alkanes of at least 4 members (excludes halogenated alkanes) is 1. The van der Waals surface area contributed by atoms with Crippen molar-refractivity contribution in [1.29, 1.82) is 0 Å². The predicted octanol–water partition coefficient (Wildman–Crippen LogP) is 3.92. The van der Waals surface area contributed by atoms with E-state index in [1.165, 1.54) is 16.8 Å². The average Bonchev–Trinajstić information content (AvgIpc) is 2.66. The first kappa shape index (κ1) is 27.5. The fourth-order valence-electron chi connectivity index (χ4n) is 2.89. The molecule has 0 bridgehead atoms. The Morgan fingerprint density at radius 1 is 0.862 bits per heavy atom. The van der Waals surface area contributed by atoms with Crippen molar-refractivity contribution in [2.45, 2.75) is 72.4 Å². The molecule has 0 aliphatic heterocycles. The number of nitrogens with zero attached hydrogens (tertiary/aromatic N) is 2. The number of likely N-dealkylation sites (N-methyl/N-ethyl adjacent to an activating group) is 2. The maximum Gasteiger partial charge on any atom is 0.410 e. The maximum absolute atomic E-state index is 13.3. The topological polar surface area (TPSA) is 76.2 Å². The smallest absolute Gasteiger partial charge is 0.410 e. The van der Waals surface area contributed by atoms with Crippen LogP contribution in [0.15, 0.2) is 0 Å². The molecule has 2 atom stereocenters. The first-order chi connectivity index (χ1) is 13.6. The molecule has 0 heterocycles. The van der Waals surface area contributed by atoms with E-state index in [1.807, 2.05) is 34.6 Å². The van der Waals surface area contributed by atoms with Gasteiger partial charge in [0, 0.05) is 14.1 Å². The number of hydrogen-bond acceptors (Lipinski definition) is 5. The van der Waals surface area contributed by atoms with Gasteiger partial charge in [-0.25, -0.2) is 9.59 Å². The Bertz CT molecular complexity index is 513. The summed E-state index contributed by atoms with van der Waals surface area (Å²) < 4.78 is 10.5. The molecule has 0 aliphatic rings. The van der Waals surface area contributed by atoms with Crippen molar-refractivity contribution < 1.29 is 23.9 Å². The Hall–Kier alpha value is -1.50. The molecular weight excluding hydrogens is 396 g/mol. The number of rotatable bonds is 13. The number of carbonyl (C=O) groups excluding carboxylic acids is 3. The fraction of sp³-hybridized carbons (Fsp3) is 0.857. The van der Waals surface area contributed by atoms with Crippen molar-refractivity contribution in [3.63, 3.8) is 0 Å². The van der Waals surface area contributed by atoms with Crippen LogP contribution in [0.1, 0.15) is 60.3 Å². The van der Waals surface area contributed by atoms with E-state index in [0.717, 1.165) is 12.8 Å². The minimum absolute atomic E-state index is 0.0723. The van der Waals surface area contributed by atoms with Crippen molar-refractivity contribution in [3.8, 4) is 0 Å². The summed E-state index contributed by atoms with van der Waals surface area (Å²) in [5.41, 5.74) is 0. The second kappa shape index (κ2) is 14.5. The molecule has 0 N–H and O–H groups in total. The molecule has 0 fully saturated rings. The van der Waals surface area contributed by atoms with E-state index in [0.29, 0.717) is 19.4 Å². The van der Waals surface area contributed by atoms with Crippen molar-refractivity contribution in [1.82, 2.24) is 9.80 Å². The van der Waals surface area contributed by atoms with Crippen molar-refractivity contribution in [2.24, 2.45) is 11.8 Å². The highest BCUT2D eigenvalue weighted by molar-refractivity contribution is 6.18. The number of carbonyl (C=O) groups is 3. The summed E-state index contributed by atoms with van der Waals surface area (Å²) in [6.45, 7) is 10.4. The summed E-state index contributed by atoms with van der Waals surface area (Å²) >= 11 is 5.58. The Labute approximate surface area is 181 Å². The minimum atomic E-state index is -0.735. The van der Waals surface area contributed by atoms with Gasteiger partial charge < -0.3 is 14.4 Å². The Morgan fingerprint density at radius 2 is 1.41 bits per heavy atom. The summed E-state index contributed by atoms with van der Waals surface area (Å²) in [5.74, 6) is -0.159. The van der Waals surface area contributed by atoms with E-state index in [1.54, 1.807) is 7.05 Å². The first-order valence-electron chi connectivity index (χ1n) is 10.5. The third kappa shape index (κ3) is 10.2. The molecule has 170 valence electrons. The zero-order chi connectivity index (χ0) is 22.6. The summed E-state index contributed by atoms with van der Waals surface area (Å²) in [6.07, 6.45) is 2.03. The highest BCUT2D eigenvalue weighted by Crippen LogP contribution is 2.19. The van der Waals surface area contributed by atoms with Crippen LogP contribution >= 0.6 is 11.6 Å². The Morgan fingerprint density at radius 3 is 1.90 bits per heavy atom. The van der Waals surface area contributed by atoms with E-state index in [4.69, 9.17) is 21.1 Å². The van der Waals surface area contributed by atoms with E-state index < -0.39 is 24.1 Å². The molecule has 0 radical (unpaired) electrons. The quantitative estimate of drug-likeness (QED) is 0.249. The van der Waals surface area contributed by atoms with Crippen molar-refractivity contribution in [2.75, 3.05) is 33.2 Å². The molecule has 0 aromatic heterocycles. The largest absolute Gasteiger partial charge is 0.464 e. The van der Waals surface area contributed by atoms with Gasteiger partial charge in [-0.1, -0.05) is 41.0 Å². The number of halogens is 1. The number of amides is 2. The number of esters is 1. The zero-order valence-corrected chi connectivity index (χ0v) is 19.8. The molecule has 0 spiro atoms. The second-order valence-corrected chi connectivity index (χ2v) is 8.55. The standard InChI is InChI=1S/C21H39ClN2O5/c1-8-9-11-28-20(26)18(14-16(4)5)23(6)19(25)17(13-15(2)3)24(7)21(27)29-12-10-22/h15-18H,8-14H2,1-7H3. The van der Waals surface area contributed by atoms with Crippen LogP contribution < -0.4 is 0 Å². The third-order valence-electron chi connectivity index (χ3n) is 4.56. The lowest BCUT2D eigenvalue weighted by atomic mass is 9.98.